The maximum absolute atomic E-state index is 13.3. The highest BCUT2D eigenvalue weighted by Gasteiger charge is 2.33. The number of rotatable bonds is 5. The zero-order valence-corrected chi connectivity index (χ0v) is 20.4. The third kappa shape index (κ3) is 5.00. The van der Waals surface area contributed by atoms with Crippen LogP contribution in [0.5, 0.6) is 0 Å². The maximum Gasteiger partial charge on any atom is 0.271 e. The van der Waals surface area contributed by atoms with Gasteiger partial charge in [-0.2, -0.15) is 5.10 Å². The molecule has 0 spiro atoms. The molecule has 186 valence electrons. The van der Waals surface area contributed by atoms with E-state index < -0.39 is 0 Å². The fraction of sp³-hybridized carbons (Fsp3) is 0.370. The molecule has 2 aliphatic heterocycles. The molecule has 4 heterocycles. The lowest BCUT2D eigenvalue weighted by Gasteiger charge is -2.39. The molecule has 9 heteroatoms. The number of H-pyrrole nitrogens is 1. The van der Waals surface area contributed by atoms with Gasteiger partial charge in [-0.1, -0.05) is 0 Å². The molecule has 0 unspecified atom stereocenters. The van der Waals surface area contributed by atoms with Crippen LogP contribution >= 0.6 is 0 Å². The van der Waals surface area contributed by atoms with Crippen molar-refractivity contribution in [3.8, 4) is 11.3 Å². The Bertz CT molecular complexity index is 1230. The number of aromatic nitrogens is 3. The highest BCUT2D eigenvalue weighted by Crippen LogP contribution is 2.24. The van der Waals surface area contributed by atoms with Gasteiger partial charge >= 0.3 is 0 Å². The minimum atomic E-state index is -0.188. The van der Waals surface area contributed by atoms with Crippen LogP contribution in [0.25, 0.3) is 11.3 Å². The highest BCUT2D eigenvalue weighted by atomic mass is 16.2. The molecule has 2 amide bonds. The molecule has 36 heavy (non-hydrogen) atoms. The van der Waals surface area contributed by atoms with E-state index >= 15 is 0 Å². The number of benzene rings is 1. The molecule has 1 aromatic carbocycles. The van der Waals surface area contributed by atoms with E-state index in [9.17, 15) is 14.4 Å². The van der Waals surface area contributed by atoms with Crippen molar-refractivity contribution in [1.29, 1.82) is 0 Å². The van der Waals surface area contributed by atoms with E-state index in [1.165, 1.54) is 0 Å². The first-order chi connectivity index (χ1) is 17.5. The van der Waals surface area contributed by atoms with Crippen molar-refractivity contribution in [2.24, 2.45) is 5.92 Å². The van der Waals surface area contributed by atoms with E-state index in [-0.39, 0.29) is 23.5 Å². The van der Waals surface area contributed by atoms with Crippen molar-refractivity contribution in [2.75, 3.05) is 44.2 Å². The normalized spacial score (nSPS) is 18.2. The van der Waals surface area contributed by atoms with E-state index in [1.54, 1.807) is 30.3 Å². The number of anilines is 1. The lowest BCUT2D eigenvalue weighted by Crippen LogP contribution is -2.53. The lowest BCUT2D eigenvalue weighted by atomic mass is 9.95. The number of piperidine rings is 1. The molecular weight excluding hydrogens is 456 g/mol. The highest BCUT2D eigenvalue weighted by molar-refractivity contribution is 5.94. The van der Waals surface area contributed by atoms with Crippen molar-refractivity contribution >= 4 is 23.3 Å². The molecule has 2 aliphatic rings. The van der Waals surface area contributed by atoms with E-state index in [0.717, 1.165) is 37.2 Å². The molecule has 9 nitrogen and oxygen atoms in total. The number of amides is 2. The van der Waals surface area contributed by atoms with Gasteiger partial charge < -0.3 is 14.7 Å². The summed E-state index contributed by atoms with van der Waals surface area (Å²) in [5.74, 6) is -0.134. The summed E-state index contributed by atoms with van der Waals surface area (Å²) in [5.41, 5.74) is 3.78. The predicted octanol–water partition coefficient (Wildman–Crippen LogP) is 2.88. The molecule has 0 radical (unpaired) electrons. The number of aromatic amines is 1. The average Bonchev–Trinajstić information content (AvgIpc) is 3.43. The van der Waals surface area contributed by atoms with Crippen molar-refractivity contribution in [1.82, 2.24) is 25.0 Å². The minimum absolute atomic E-state index is 0.0543. The van der Waals surface area contributed by atoms with Gasteiger partial charge in [0.15, 0.2) is 5.78 Å². The summed E-state index contributed by atoms with van der Waals surface area (Å²) >= 11 is 0. The van der Waals surface area contributed by atoms with Crippen LogP contribution in [0.4, 0.5) is 5.69 Å². The van der Waals surface area contributed by atoms with Gasteiger partial charge in [0.1, 0.15) is 5.69 Å². The van der Waals surface area contributed by atoms with Crippen LogP contribution in [-0.2, 0) is 4.79 Å². The first-order valence-corrected chi connectivity index (χ1v) is 12.4. The molecule has 0 aliphatic carbocycles. The number of pyridine rings is 1. The summed E-state index contributed by atoms with van der Waals surface area (Å²) in [4.78, 5) is 47.9. The van der Waals surface area contributed by atoms with Crippen LogP contribution in [0.2, 0.25) is 0 Å². The molecule has 2 aromatic heterocycles. The Balaban J connectivity index is 1.17. The number of Topliss-reactive ketones (excluding diaryl/α,β-unsaturated/α-hetero) is 1. The van der Waals surface area contributed by atoms with Crippen molar-refractivity contribution < 1.29 is 14.4 Å². The number of carbonyl (C=O) groups is 3. The van der Waals surface area contributed by atoms with Crippen LogP contribution in [0, 0.1) is 5.92 Å². The second kappa shape index (κ2) is 10.3. The third-order valence-electron chi connectivity index (χ3n) is 7.07. The number of carbonyl (C=O) groups excluding carboxylic acids is 3. The van der Waals surface area contributed by atoms with Crippen molar-refractivity contribution in [3.05, 3.63) is 66.1 Å². The zero-order chi connectivity index (χ0) is 25.1. The van der Waals surface area contributed by atoms with E-state index in [2.05, 4.69) is 20.1 Å². The van der Waals surface area contributed by atoms with Crippen LogP contribution in [0.15, 0.2) is 54.9 Å². The zero-order valence-electron chi connectivity index (χ0n) is 20.4. The van der Waals surface area contributed by atoms with Gasteiger partial charge in [-0.05, 0) is 62.2 Å². The summed E-state index contributed by atoms with van der Waals surface area (Å²) in [6, 6.07) is 13.1. The third-order valence-corrected chi connectivity index (χ3v) is 7.07. The molecule has 0 bridgehead atoms. The molecule has 3 aromatic rings. The number of piperazine rings is 1. The summed E-state index contributed by atoms with van der Waals surface area (Å²) in [6.07, 6.45) is 4.98. The molecule has 1 N–H and O–H groups in total. The molecule has 1 atom stereocenters. The fourth-order valence-electron chi connectivity index (χ4n) is 4.99. The van der Waals surface area contributed by atoms with Gasteiger partial charge in [-0.15, -0.1) is 0 Å². The monoisotopic (exact) mass is 486 g/mol. The Morgan fingerprint density at radius 1 is 0.917 bits per heavy atom. The first-order valence-electron chi connectivity index (χ1n) is 12.4. The van der Waals surface area contributed by atoms with Crippen LogP contribution in [-0.4, -0.2) is 81.8 Å². The SMILES string of the molecule is CC(=O)c1ccc(N2CCN(C(=O)[C@H]3CCCN(C(=O)c4cc(-c5ccncc5)n[nH]4)C3)CC2)cc1. The largest absolute Gasteiger partial charge is 0.368 e. The first kappa shape index (κ1) is 23.7. The summed E-state index contributed by atoms with van der Waals surface area (Å²) in [5, 5.41) is 7.14. The molecule has 2 saturated heterocycles. The average molecular weight is 487 g/mol. The predicted molar refractivity (Wildman–Crippen MR) is 136 cm³/mol. The number of nitrogens with zero attached hydrogens (tertiary/aromatic N) is 5. The van der Waals surface area contributed by atoms with Crippen LogP contribution < -0.4 is 4.90 Å². The van der Waals surface area contributed by atoms with E-state index in [4.69, 9.17) is 0 Å². The smallest absolute Gasteiger partial charge is 0.271 e. The summed E-state index contributed by atoms with van der Waals surface area (Å²) in [7, 11) is 0. The van der Waals surface area contributed by atoms with E-state index in [1.807, 2.05) is 41.3 Å². The van der Waals surface area contributed by atoms with Gasteiger partial charge in [0.2, 0.25) is 5.91 Å². The van der Waals surface area contributed by atoms with Gasteiger partial charge in [0.05, 0.1) is 11.6 Å². The number of nitrogens with one attached hydrogen (secondary N) is 1. The van der Waals surface area contributed by atoms with E-state index in [0.29, 0.717) is 43.1 Å². The number of hydrogen-bond donors (Lipinski definition) is 1. The number of ketones is 1. The van der Waals surface area contributed by atoms with Crippen molar-refractivity contribution in [3.63, 3.8) is 0 Å². The molecular formula is C27H30N6O3. The quantitative estimate of drug-likeness (QED) is 0.557. The topological polar surface area (TPSA) is 102 Å². The van der Waals surface area contributed by atoms with Gasteiger partial charge in [-0.3, -0.25) is 24.5 Å². The Kier molecular flexibility index (Phi) is 6.79. The van der Waals surface area contributed by atoms with Crippen LogP contribution in [0.1, 0.15) is 40.6 Å². The Morgan fingerprint density at radius 2 is 1.64 bits per heavy atom. The number of likely N-dealkylation sites (tertiary alicyclic amines) is 1. The molecule has 2 fully saturated rings. The van der Waals surface area contributed by atoms with Gasteiger partial charge in [-0.25, -0.2) is 0 Å². The standard InChI is InChI=1S/C27H30N6O3/c1-19(34)20-4-6-23(7-5-20)31-13-15-32(16-14-31)26(35)22-3-2-12-33(18-22)27(36)25-17-24(29-30-25)21-8-10-28-11-9-21/h4-11,17,22H,2-3,12-16,18H2,1H3,(H,29,30)/t22-/m0/s1. The second-order valence-electron chi connectivity index (χ2n) is 9.41. The van der Waals surface area contributed by atoms with Gasteiger partial charge in [0.25, 0.3) is 5.91 Å². The summed E-state index contributed by atoms with van der Waals surface area (Å²) in [6.45, 7) is 5.40. The minimum Gasteiger partial charge on any atom is -0.368 e. The second-order valence-corrected chi connectivity index (χ2v) is 9.41. The Labute approximate surface area is 210 Å². The lowest BCUT2D eigenvalue weighted by molar-refractivity contribution is -0.137. The maximum atomic E-state index is 13.3. The molecule has 5 rings (SSSR count). The summed E-state index contributed by atoms with van der Waals surface area (Å²) < 4.78 is 0. The Hall–Kier alpha value is -4.01. The fourth-order valence-corrected chi connectivity index (χ4v) is 4.99. The Morgan fingerprint density at radius 3 is 2.33 bits per heavy atom. The number of hydrogen-bond acceptors (Lipinski definition) is 6. The van der Waals surface area contributed by atoms with Gasteiger partial charge in [0, 0.05) is 68.5 Å². The molecule has 0 saturated carbocycles. The van der Waals surface area contributed by atoms with Crippen LogP contribution in [0.3, 0.4) is 0 Å². The van der Waals surface area contributed by atoms with Crippen molar-refractivity contribution in [2.45, 2.75) is 19.8 Å².